The number of hydrogen-bond acceptors (Lipinski definition) is 3. The van der Waals surface area contributed by atoms with Gasteiger partial charge in [-0.1, -0.05) is 47.5 Å². The number of carbonyl (C=O) groups excluding carboxylic acids is 1. The van der Waals surface area contributed by atoms with Crippen LogP contribution in [0.15, 0.2) is 59.1 Å². The molecule has 0 aliphatic carbocycles. The zero-order valence-electron chi connectivity index (χ0n) is 17.1. The van der Waals surface area contributed by atoms with Crippen LogP contribution in [0.2, 0.25) is 5.02 Å². The summed E-state index contributed by atoms with van der Waals surface area (Å²) < 4.78 is 12.4. The van der Waals surface area contributed by atoms with E-state index in [4.69, 9.17) is 21.1 Å². The first-order valence-corrected chi connectivity index (χ1v) is 10.8. The van der Waals surface area contributed by atoms with Gasteiger partial charge in [0.15, 0.2) is 11.5 Å². The fraction of sp³-hybridized carbons (Fsp3) is 0.208. The predicted octanol–water partition coefficient (Wildman–Crippen LogP) is 6.95. The number of rotatable bonds is 7. The van der Waals surface area contributed by atoms with Crippen molar-refractivity contribution >= 4 is 39.1 Å². The van der Waals surface area contributed by atoms with Crippen LogP contribution in [0, 0.1) is 13.8 Å². The van der Waals surface area contributed by atoms with E-state index in [0.717, 1.165) is 11.1 Å². The highest BCUT2D eigenvalue weighted by Gasteiger charge is 2.17. The molecule has 0 spiro atoms. The van der Waals surface area contributed by atoms with Crippen molar-refractivity contribution in [2.24, 2.45) is 0 Å². The second kappa shape index (κ2) is 10.0. The van der Waals surface area contributed by atoms with Crippen molar-refractivity contribution in [1.82, 2.24) is 0 Å². The summed E-state index contributed by atoms with van der Waals surface area (Å²) in [7, 11) is 0. The molecule has 0 heterocycles. The molecule has 0 aliphatic heterocycles. The van der Waals surface area contributed by atoms with Crippen LogP contribution in [0.3, 0.4) is 0 Å². The van der Waals surface area contributed by atoms with Gasteiger partial charge in [0.1, 0.15) is 6.61 Å². The summed E-state index contributed by atoms with van der Waals surface area (Å²) in [5.41, 5.74) is 4.27. The summed E-state index contributed by atoms with van der Waals surface area (Å²) in [5, 5.41) is 3.47. The minimum absolute atomic E-state index is 0.262. The SMILES string of the molecule is CCOc1cc(C(=O)Nc2ccc(C)c(Cl)c2)cc(Br)c1OCc1ccc(C)cc1. The van der Waals surface area contributed by atoms with Gasteiger partial charge < -0.3 is 14.8 Å². The Bertz CT molecular complexity index is 1050. The summed E-state index contributed by atoms with van der Waals surface area (Å²) in [4.78, 5) is 12.8. The third-order valence-corrected chi connectivity index (χ3v) is 5.50. The van der Waals surface area contributed by atoms with Crippen LogP contribution < -0.4 is 14.8 Å². The van der Waals surface area contributed by atoms with Crippen LogP contribution >= 0.6 is 27.5 Å². The largest absolute Gasteiger partial charge is 0.490 e. The molecule has 3 aromatic carbocycles. The Balaban J connectivity index is 1.81. The first-order valence-electron chi connectivity index (χ1n) is 9.59. The Morgan fingerprint density at radius 2 is 1.77 bits per heavy atom. The highest BCUT2D eigenvalue weighted by molar-refractivity contribution is 9.10. The first-order chi connectivity index (χ1) is 14.4. The number of amides is 1. The van der Waals surface area contributed by atoms with Crippen LogP contribution in [0.5, 0.6) is 11.5 Å². The Morgan fingerprint density at radius 1 is 1.03 bits per heavy atom. The number of carbonyl (C=O) groups is 1. The fourth-order valence-corrected chi connectivity index (χ4v) is 3.55. The first kappa shape index (κ1) is 22.2. The molecule has 6 heteroatoms. The summed E-state index contributed by atoms with van der Waals surface area (Å²) in [6.45, 7) is 6.69. The van der Waals surface area contributed by atoms with Crippen LogP contribution in [-0.2, 0) is 6.61 Å². The molecule has 0 bridgehead atoms. The lowest BCUT2D eigenvalue weighted by Crippen LogP contribution is -2.13. The standard InChI is InChI=1S/C24H23BrClNO3/c1-4-29-22-12-18(24(28)27-19-10-7-16(3)21(26)13-19)11-20(25)23(22)30-14-17-8-5-15(2)6-9-17/h5-13H,4,14H2,1-3H3,(H,27,28). The molecule has 0 saturated heterocycles. The van der Waals surface area contributed by atoms with Crippen LogP contribution in [0.4, 0.5) is 5.69 Å². The van der Waals surface area contributed by atoms with Gasteiger partial charge in [-0.25, -0.2) is 0 Å². The topological polar surface area (TPSA) is 47.6 Å². The molecule has 30 heavy (non-hydrogen) atoms. The van der Waals surface area contributed by atoms with Crippen molar-refractivity contribution in [3.63, 3.8) is 0 Å². The van der Waals surface area contributed by atoms with Gasteiger partial charge in [-0.05, 0) is 72.1 Å². The zero-order valence-corrected chi connectivity index (χ0v) is 19.4. The average molecular weight is 489 g/mol. The van der Waals surface area contributed by atoms with Crippen molar-refractivity contribution in [2.45, 2.75) is 27.4 Å². The Morgan fingerprint density at radius 3 is 2.43 bits per heavy atom. The third kappa shape index (κ3) is 5.55. The van der Waals surface area contributed by atoms with Gasteiger partial charge in [0.05, 0.1) is 11.1 Å². The Labute approximate surface area is 190 Å². The van der Waals surface area contributed by atoms with E-state index in [1.165, 1.54) is 5.56 Å². The highest BCUT2D eigenvalue weighted by Crippen LogP contribution is 2.37. The maximum atomic E-state index is 12.8. The van der Waals surface area contributed by atoms with E-state index in [0.29, 0.717) is 45.5 Å². The van der Waals surface area contributed by atoms with Gasteiger partial charge in [0.25, 0.3) is 5.91 Å². The average Bonchev–Trinajstić information content (AvgIpc) is 2.71. The molecule has 0 atom stereocenters. The molecule has 1 N–H and O–H groups in total. The summed E-state index contributed by atoms with van der Waals surface area (Å²) in [6, 6.07) is 17.0. The van der Waals surface area contributed by atoms with Crippen molar-refractivity contribution < 1.29 is 14.3 Å². The van der Waals surface area contributed by atoms with Crippen molar-refractivity contribution in [2.75, 3.05) is 11.9 Å². The number of hydrogen-bond donors (Lipinski definition) is 1. The molecule has 156 valence electrons. The minimum atomic E-state index is -0.262. The molecule has 0 aliphatic rings. The van der Waals surface area contributed by atoms with E-state index in [-0.39, 0.29) is 5.91 Å². The molecule has 0 radical (unpaired) electrons. The molecule has 0 fully saturated rings. The lowest BCUT2D eigenvalue weighted by atomic mass is 10.1. The van der Waals surface area contributed by atoms with Crippen molar-refractivity contribution in [1.29, 1.82) is 0 Å². The third-order valence-electron chi connectivity index (χ3n) is 4.51. The van der Waals surface area contributed by atoms with E-state index in [1.54, 1.807) is 18.2 Å². The minimum Gasteiger partial charge on any atom is -0.490 e. The molecular formula is C24H23BrClNO3. The lowest BCUT2D eigenvalue weighted by molar-refractivity contribution is 0.102. The Kier molecular flexibility index (Phi) is 7.40. The van der Waals surface area contributed by atoms with E-state index in [9.17, 15) is 4.79 Å². The quantitative estimate of drug-likeness (QED) is 0.391. The van der Waals surface area contributed by atoms with Gasteiger partial charge in [-0.3, -0.25) is 4.79 Å². The van der Waals surface area contributed by atoms with Gasteiger partial charge in [0.2, 0.25) is 0 Å². The molecule has 1 amide bonds. The van der Waals surface area contributed by atoms with Crippen LogP contribution in [0.25, 0.3) is 0 Å². The molecule has 4 nitrogen and oxygen atoms in total. The number of halogens is 2. The molecule has 0 saturated carbocycles. The highest BCUT2D eigenvalue weighted by atomic mass is 79.9. The lowest BCUT2D eigenvalue weighted by Gasteiger charge is -2.16. The van der Waals surface area contributed by atoms with E-state index in [2.05, 4.69) is 21.2 Å². The van der Waals surface area contributed by atoms with Gasteiger partial charge >= 0.3 is 0 Å². The maximum absolute atomic E-state index is 12.8. The molecule has 0 aromatic heterocycles. The monoisotopic (exact) mass is 487 g/mol. The fourth-order valence-electron chi connectivity index (χ4n) is 2.82. The zero-order chi connectivity index (χ0) is 21.7. The normalized spacial score (nSPS) is 10.6. The van der Waals surface area contributed by atoms with E-state index in [1.807, 2.05) is 57.2 Å². The summed E-state index contributed by atoms with van der Waals surface area (Å²) in [5.74, 6) is 0.806. The molecule has 3 aromatic rings. The number of ether oxygens (including phenoxy) is 2. The number of anilines is 1. The second-order valence-corrected chi connectivity index (χ2v) is 8.17. The van der Waals surface area contributed by atoms with E-state index < -0.39 is 0 Å². The number of benzene rings is 3. The van der Waals surface area contributed by atoms with E-state index >= 15 is 0 Å². The molecular weight excluding hydrogens is 466 g/mol. The van der Waals surface area contributed by atoms with Crippen LogP contribution in [0.1, 0.15) is 34.0 Å². The van der Waals surface area contributed by atoms with Gasteiger partial charge in [0, 0.05) is 16.3 Å². The smallest absolute Gasteiger partial charge is 0.255 e. The molecule has 0 unspecified atom stereocenters. The van der Waals surface area contributed by atoms with Gasteiger partial charge in [-0.2, -0.15) is 0 Å². The molecule has 3 rings (SSSR count). The summed E-state index contributed by atoms with van der Waals surface area (Å²) in [6.07, 6.45) is 0. The number of nitrogens with one attached hydrogen (secondary N) is 1. The van der Waals surface area contributed by atoms with Gasteiger partial charge in [-0.15, -0.1) is 0 Å². The number of aryl methyl sites for hydroxylation is 2. The second-order valence-electron chi connectivity index (χ2n) is 6.91. The maximum Gasteiger partial charge on any atom is 0.255 e. The van der Waals surface area contributed by atoms with Crippen LogP contribution in [-0.4, -0.2) is 12.5 Å². The van der Waals surface area contributed by atoms with Crippen molar-refractivity contribution in [3.8, 4) is 11.5 Å². The summed E-state index contributed by atoms with van der Waals surface area (Å²) >= 11 is 9.68. The predicted molar refractivity (Wildman–Crippen MR) is 125 cm³/mol. The van der Waals surface area contributed by atoms with Crippen molar-refractivity contribution in [3.05, 3.63) is 86.3 Å². The Hall–Kier alpha value is -2.50.